The molecule has 2 aliphatic rings. The van der Waals surface area contributed by atoms with Gasteiger partial charge >= 0.3 is 5.97 Å². The molecule has 0 spiro atoms. The fraction of sp³-hybridized carbons (Fsp3) is 0.250. The standard InChI is InChI=1S/C16H14N2O4S/c1-9-3-5-11(22-9)8-18-14(19)12-6-4-10(15(20)21-2)7-13(12)17-16(18)23/h3-7,12H,8H2,1-2H3. The molecule has 118 valence electrons. The maximum absolute atomic E-state index is 12.6. The molecule has 0 aromatic carbocycles. The summed E-state index contributed by atoms with van der Waals surface area (Å²) in [5.41, 5.74) is 0.794. The van der Waals surface area contributed by atoms with Crippen LogP contribution in [0, 0.1) is 12.8 Å². The number of aryl methyl sites for hydroxylation is 1. The highest BCUT2D eigenvalue weighted by Gasteiger charge is 2.35. The number of rotatable bonds is 3. The SMILES string of the molecule is COC(=O)C1=CC2=NC(=S)N(Cc3ccc(C)o3)C(=O)C2C=C1. The second kappa shape index (κ2) is 5.92. The van der Waals surface area contributed by atoms with Crippen molar-refractivity contribution in [3.63, 3.8) is 0 Å². The van der Waals surface area contributed by atoms with Crippen LogP contribution < -0.4 is 0 Å². The van der Waals surface area contributed by atoms with Crippen molar-refractivity contribution < 1.29 is 18.7 Å². The van der Waals surface area contributed by atoms with Crippen molar-refractivity contribution in [1.29, 1.82) is 0 Å². The predicted molar refractivity (Wildman–Crippen MR) is 86.8 cm³/mol. The number of ether oxygens (including phenoxy) is 1. The number of carbonyl (C=O) groups excluding carboxylic acids is 2. The number of allylic oxidation sites excluding steroid dienone is 1. The van der Waals surface area contributed by atoms with E-state index in [1.165, 1.54) is 18.1 Å². The smallest absolute Gasteiger partial charge is 0.337 e. The molecule has 0 bridgehead atoms. The third kappa shape index (κ3) is 2.87. The van der Waals surface area contributed by atoms with Crippen molar-refractivity contribution >= 4 is 34.9 Å². The molecule has 1 aliphatic heterocycles. The van der Waals surface area contributed by atoms with Crippen LogP contribution in [-0.2, 0) is 20.9 Å². The van der Waals surface area contributed by atoms with E-state index in [-0.39, 0.29) is 17.6 Å². The fourth-order valence-electron chi connectivity index (χ4n) is 2.46. The maximum atomic E-state index is 12.6. The van der Waals surface area contributed by atoms with Crippen LogP contribution in [0.1, 0.15) is 11.5 Å². The Balaban J connectivity index is 1.87. The Bertz CT molecular complexity index is 788. The lowest BCUT2D eigenvalue weighted by Gasteiger charge is -2.30. The Morgan fingerprint density at radius 1 is 1.48 bits per heavy atom. The van der Waals surface area contributed by atoms with E-state index in [9.17, 15) is 9.59 Å². The molecule has 7 heteroatoms. The van der Waals surface area contributed by atoms with Crippen molar-refractivity contribution in [2.45, 2.75) is 13.5 Å². The number of aliphatic imine (C=N–C) groups is 1. The first kappa shape index (κ1) is 15.4. The molecule has 0 fully saturated rings. The summed E-state index contributed by atoms with van der Waals surface area (Å²) in [6, 6.07) is 3.63. The summed E-state index contributed by atoms with van der Waals surface area (Å²) in [5, 5.41) is 0.158. The first-order valence-corrected chi connectivity index (χ1v) is 7.38. The lowest BCUT2D eigenvalue weighted by molar-refractivity contribution is -0.135. The van der Waals surface area contributed by atoms with Crippen LogP contribution in [0.25, 0.3) is 0 Å². The van der Waals surface area contributed by atoms with E-state index in [1.54, 1.807) is 18.2 Å². The van der Waals surface area contributed by atoms with E-state index < -0.39 is 11.9 Å². The monoisotopic (exact) mass is 330 g/mol. The van der Waals surface area contributed by atoms with Gasteiger partial charge in [-0.15, -0.1) is 0 Å². The second-order valence-electron chi connectivity index (χ2n) is 5.18. The molecule has 23 heavy (non-hydrogen) atoms. The van der Waals surface area contributed by atoms with Gasteiger partial charge in [-0.1, -0.05) is 12.2 Å². The number of furan rings is 1. The van der Waals surface area contributed by atoms with E-state index in [0.717, 1.165) is 5.76 Å². The molecular formula is C16H14N2O4S. The first-order valence-electron chi connectivity index (χ1n) is 6.97. The molecule has 6 nitrogen and oxygen atoms in total. The quantitative estimate of drug-likeness (QED) is 0.625. The highest BCUT2D eigenvalue weighted by atomic mass is 32.1. The van der Waals surface area contributed by atoms with Gasteiger partial charge in [0.1, 0.15) is 11.5 Å². The average Bonchev–Trinajstić information content (AvgIpc) is 2.95. The minimum absolute atomic E-state index is 0.158. The van der Waals surface area contributed by atoms with Crippen molar-refractivity contribution in [1.82, 2.24) is 4.90 Å². The Hall–Kier alpha value is -2.54. The summed E-state index contributed by atoms with van der Waals surface area (Å²) >= 11 is 5.22. The summed E-state index contributed by atoms with van der Waals surface area (Å²) in [4.78, 5) is 29.9. The number of amides is 1. The Labute approximate surface area is 138 Å². The van der Waals surface area contributed by atoms with Gasteiger partial charge in [0.2, 0.25) is 11.0 Å². The van der Waals surface area contributed by atoms with Gasteiger partial charge in [-0.05, 0) is 37.4 Å². The number of carbonyl (C=O) groups is 2. The molecule has 0 radical (unpaired) electrons. The average molecular weight is 330 g/mol. The van der Waals surface area contributed by atoms with Gasteiger partial charge in [0, 0.05) is 0 Å². The van der Waals surface area contributed by atoms with Crippen LogP contribution >= 0.6 is 12.2 Å². The Morgan fingerprint density at radius 3 is 2.91 bits per heavy atom. The molecule has 0 saturated heterocycles. The molecule has 0 N–H and O–H groups in total. The van der Waals surface area contributed by atoms with Gasteiger partial charge in [0.25, 0.3) is 0 Å². The predicted octanol–water partition coefficient (Wildman–Crippen LogP) is 1.94. The summed E-state index contributed by atoms with van der Waals surface area (Å²) in [5.74, 6) is 0.191. The zero-order chi connectivity index (χ0) is 16.6. The van der Waals surface area contributed by atoms with Crippen LogP contribution in [0.5, 0.6) is 0 Å². The topological polar surface area (TPSA) is 72.1 Å². The number of fused-ring (bicyclic) bond motifs is 1. The normalized spacial score (nSPS) is 20.1. The van der Waals surface area contributed by atoms with Gasteiger partial charge in [-0.2, -0.15) is 0 Å². The van der Waals surface area contributed by atoms with Gasteiger partial charge in [0.05, 0.1) is 30.9 Å². The fourth-order valence-corrected chi connectivity index (χ4v) is 2.72. The lowest BCUT2D eigenvalue weighted by Crippen LogP contribution is -2.45. The number of esters is 1. The van der Waals surface area contributed by atoms with E-state index >= 15 is 0 Å². The zero-order valence-corrected chi connectivity index (χ0v) is 13.4. The van der Waals surface area contributed by atoms with Gasteiger partial charge in [-0.3, -0.25) is 9.69 Å². The molecule has 1 aromatic heterocycles. The molecule has 3 rings (SSSR count). The maximum Gasteiger partial charge on any atom is 0.337 e. The van der Waals surface area contributed by atoms with Crippen molar-refractivity contribution in [2.24, 2.45) is 10.9 Å². The van der Waals surface area contributed by atoms with Gasteiger partial charge in [-0.25, -0.2) is 9.79 Å². The molecule has 1 aromatic rings. The minimum atomic E-state index is -0.550. The van der Waals surface area contributed by atoms with E-state index in [4.69, 9.17) is 16.6 Å². The Morgan fingerprint density at radius 2 is 2.26 bits per heavy atom. The highest BCUT2D eigenvalue weighted by Crippen LogP contribution is 2.24. The minimum Gasteiger partial charge on any atom is -0.465 e. The van der Waals surface area contributed by atoms with Crippen LogP contribution in [0.2, 0.25) is 0 Å². The summed E-state index contributed by atoms with van der Waals surface area (Å²) in [7, 11) is 1.30. The summed E-state index contributed by atoms with van der Waals surface area (Å²) in [6.07, 6.45) is 4.74. The summed E-state index contributed by atoms with van der Waals surface area (Å²) in [6.45, 7) is 2.07. The third-order valence-electron chi connectivity index (χ3n) is 3.61. The second-order valence-corrected chi connectivity index (χ2v) is 5.55. The first-order chi connectivity index (χ1) is 11.0. The van der Waals surface area contributed by atoms with E-state index in [2.05, 4.69) is 9.73 Å². The largest absolute Gasteiger partial charge is 0.465 e. The molecule has 1 atom stereocenters. The van der Waals surface area contributed by atoms with Crippen LogP contribution in [0.3, 0.4) is 0 Å². The van der Waals surface area contributed by atoms with Crippen LogP contribution in [0.15, 0.2) is 45.3 Å². The molecule has 1 unspecified atom stereocenters. The van der Waals surface area contributed by atoms with Crippen LogP contribution in [0.4, 0.5) is 0 Å². The molecule has 0 saturated carbocycles. The van der Waals surface area contributed by atoms with Gasteiger partial charge < -0.3 is 9.15 Å². The van der Waals surface area contributed by atoms with E-state index in [0.29, 0.717) is 17.0 Å². The van der Waals surface area contributed by atoms with Crippen molar-refractivity contribution in [3.8, 4) is 0 Å². The number of methoxy groups -OCH3 is 1. The Kier molecular flexibility index (Phi) is 3.96. The highest BCUT2D eigenvalue weighted by molar-refractivity contribution is 7.80. The number of nitrogens with zero attached hydrogens (tertiary/aromatic N) is 2. The van der Waals surface area contributed by atoms with Crippen molar-refractivity contribution in [2.75, 3.05) is 7.11 Å². The number of hydrogen-bond acceptors (Lipinski definition) is 5. The van der Waals surface area contributed by atoms with E-state index in [1.807, 2.05) is 13.0 Å². The molecule has 1 amide bonds. The van der Waals surface area contributed by atoms with Crippen LogP contribution in [-0.4, -0.2) is 34.7 Å². The molecular weight excluding hydrogens is 316 g/mol. The zero-order valence-electron chi connectivity index (χ0n) is 12.6. The van der Waals surface area contributed by atoms with Crippen molar-refractivity contribution in [3.05, 3.63) is 47.5 Å². The summed E-state index contributed by atoms with van der Waals surface area (Å²) < 4.78 is 10.2. The third-order valence-corrected chi connectivity index (χ3v) is 3.92. The number of hydrogen-bond donors (Lipinski definition) is 0. The molecule has 2 heterocycles. The van der Waals surface area contributed by atoms with Gasteiger partial charge in [0.15, 0.2) is 0 Å². The number of thiocarbonyl (C=S) groups is 1. The lowest BCUT2D eigenvalue weighted by atomic mass is 9.92. The molecule has 1 aliphatic carbocycles.